The minimum atomic E-state index is -0.340. The third-order valence-electron chi connectivity index (χ3n) is 3.69. The van der Waals surface area contributed by atoms with Crippen LogP contribution < -0.4 is 15.4 Å². The van der Waals surface area contributed by atoms with E-state index in [1.54, 1.807) is 61.5 Å². The molecule has 0 fully saturated rings. The monoisotopic (exact) mass is 362 g/mol. The number of carbonyl (C=O) groups is 2. The normalized spacial score (nSPS) is 10.1. The first-order chi connectivity index (χ1) is 13.0. The number of benzene rings is 2. The van der Waals surface area contributed by atoms with Crippen LogP contribution in [0.3, 0.4) is 0 Å². The lowest BCUT2D eigenvalue weighted by atomic mass is 10.2. The van der Waals surface area contributed by atoms with Crippen LogP contribution in [0.1, 0.15) is 26.4 Å². The smallest absolute Gasteiger partial charge is 0.258 e. The molecule has 1 aromatic heterocycles. The quantitative estimate of drug-likeness (QED) is 0.726. The van der Waals surface area contributed by atoms with Crippen molar-refractivity contribution in [3.05, 3.63) is 77.5 Å². The topological polar surface area (TPSA) is 93.2 Å². The minimum absolute atomic E-state index is 0.116. The first-order valence-corrected chi connectivity index (χ1v) is 8.22. The third kappa shape index (κ3) is 4.66. The number of aryl methyl sites for hydroxylation is 1. The summed E-state index contributed by atoms with van der Waals surface area (Å²) in [4.78, 5) is 33.1. The zero-order valence-electron chi connectivity index (χ0n) is 14.9. The van der Waals surface area contributed by atoms with E-state index in [9.17, 15) is 9.59 Å². The number of aromatic nitrogens is 2. The lowest BCUT2D eigenvalue weighted by Gasteiger charge is -2.09. The van der Waals surface area contributed by atoms with Gasteiger partial charge in [0.1, 0.15) is 11.6 Å². The molecule has 0 spiro atoms. The summed E-state index contributed by atoms with van der Waals surface area (Å²) in [6, 6.07) is 17.1. The van der Waals surface area contributed by atoms with E-state index in [4.69, 9.17) is 4.74 Å². The molecule has 0 bridgehead atoms. The average Bonchev–Trinajstić information content (AvgIpc) is 2.68. The summed E-state index contributed by atoms with van der Waals surface area (Å²) in [5.41, 5.74) is 1.53. The predicted octanol–water partition coefficient (Wildman–Crippen LogP) is 3.30. The molecule has 3 rings (SSSR count). The Labute approximate surface area is 156 Å². The summed E-state index contributed by atoms with van der Waals surface area (Å²) < 4.78 is 5.13. The Morgan fingerprint density at radius 1 is 0.852 bits per heavy atom. The molecule has 0 aliphatic heterocycles. The standard InChI is InChI=1S/C20H18N4O3/c1-13-11-17(22-19(26)15-9-6-10-16(12-15)27-2)23-20(21-13)24-18(25)14-7-4-3-5-8-14/h3-12H,1-2H3,(H2,21,22,23,24,25,26). The van der Waals surface area contributed by atoms with E-state index < -0.39 is 0 Å². The molecule has 2 amide bonds. The fourth-order valence-electron chi connectivity index (χ4n) is 2.40. The van der Waals surface area contributed by atoms with E-state index >= 15 is 0 Å². The molecule has 136 valence electrons. The molecule has 0 saturated heterocycles. The molecule has 2 aromatic carbocycles. The zero-order chi connectivity index (χ0) is 19.2. The highest BCUT2D eigenvalue weighted by Crippen LogP contribution is 2.16. The lowest BCUT2D eigenvalue weighted by molar-refractivity contribution is 0.101. The molecule has 7 heteroatoms. The molecule has 7 nitrogen and oxygen atoms in total. The maximum absolute atomic E-state index is 12.4. The number of nitrogens with zero attached hydrogens (tertiary/aromatic N) is 2. The van der Waals surface area contributed by atoms with Gasteiger partial charge in [0.2, 0.25) is 5.95 Å². The van der Waals surface area contributed by atoms with Gasteiger partial charge in [-0.1, -0.05) is 24.3 Å². The maximum Gasteiger partial charge on any atom is 0.258 e. The number of rotatable bonds is 5. The molecule has 0 saturated carbocycles. The van der Waals surface area contributed by atoms with Crippen molar-refractivity contribution in [2.45, 2.75) is 6.92 Å². The van der Waals surface area contributed by atoms with E-state index in [1.807, 2.05) is 6.07 Å². The molecular weight excluding hydrogens is 344 g/mol. The Hall–Kier alpha value is -3.74. The van der Waals surface area contributed by atoms with Gasteiger partial charge < -0.3 is 10.1 Å². The minimum Gasteiger partial charge on any atom is -0.497 e. The van der Waals surface area contributed by atoms with Crippen molar-refractivity contribution >= 4 is 23.6 Å². The molecule has 3 aromatic rings. The first-order valence-electron chi connectivity index (χ1n) is 8.22. The zero-order valence-corrected chi connectivity index (χ0v) is 14.9. The number of nitrogens with one attached hydrogen (secondary N) is 2. The molecule has 0 atom stereocenters. The Balaban J connectivity index is 1.77. The molecule has 1 heterocycles. The second-order valence-corrected chi connectivity index (χ2v) is 5.72. The number of amides is 2. The van der Waals surface area contributed by atoms with Crippen molar-refractivity contribution in [1.29, 1.82) is 0 Å². The second kappa shape index (κ2) is 8.09. The highest BCUT2D eigenvalue weighted by Gasteiger charge is 2.12. The second-order valence-electron chi connectivity index (χ2n) is 5.72. The van der Waals surface area contributed by atoms with Gasteiger partial charge in [0.05, 0.1) is 7.11 Å². The summed E-state index contributed by atoms with van der Waals surface area (Å²) in [6.07, 6.45) is 0. The third-order valence-corrected chi connectivity index (χ3v) is 3.69. The summed E-state index contributed by atoms with van der Waals surface area (Å²) in [6.45, 7) is 1.75. The number of hydrogen-bond acceptors (Lipinski definition) is 5. The lowest BCUT2D eigenvalue weighted by Crippen LogP contribution is -2.17. The van der Waals surface area contributed by atoms with Crippen molar-refractivity contribution in [1.82, 2.24) is 9.97 Å². The molecule has 0 unspecified atom stereocenters. The number of carbonyl (C=O) groups excluding carboxylic acids is 2. The molecule has 0 radical (unpaired) electrons. The molecule has 0 aliphatic rings. The first kappa shape index (κ1) is 18.1. The van der Waals surface area contributed by atoms with Crippen LogP contribution >= 0.6 is 0 Å². The van der Waals surface area contributed by atoms with Gasteiger partial charge in [0, 0.05) is 22.9 Å². The van der Waals surface area contributed by atoms with Gasteiger partial charge >= 0.3 is 0 Å². The van der Waals surface area contributed by atoms with Crippen LogP contribution in [0.15, 0.2) is 60.7 Å². The Bertz CT molecular complexity index is 974. The van der Waals surface area contributed by atoms with Crippen LogP contribution in [0.5, 0.6) is 5.75 Å². The summed E-state index contributed by atoms with van der Waals surface area (Å²) >= 11 is 0. The van der Waals surface area contributed by atoms with Crippen molar-refractivity contribution in [2.75, 3.05) is 17.7 Å². The number of anilines is 2. The van der Waals surface area contributed by atoms with E-state index in [0.717, 1.165) is 0 Å². The van der Waals surface area contributed by atoms with Crippen LogP contribution in [0.25, 0.3) is 0 Å². The van der Waals surface area contributed by atoms with Gasteiger partial charge in [-0.25, -0.2) is 4.98 Å². The van der Waals surface area contributed by atoms with Crippen molar-refractivity contribution in [3.63, 3.8) is 0 Å². The van der Waals surface area contributed by atoms with Gasteiger partial charge in [-0.2, -0.15) is 4.98 Å². The molecule has 2 N–H and O–H groups in total. The van der Waals surface area contributed by atoms with Crippen LogP contribution in [0, 0.1) is 6.92 Å². The molecular formula is C20H18N4O3. The number of ether oxygens (including phenoxy) is 1. The highest BCUT2D eigenvalue weighted by atomic mass is 16.5. The summed E-state index contributed by atoms with van der Waals surface area (Å²) in [5.74, 6) is 0.319. The van der Waals surface area contributed by atoms with Gasteiger partial charge in [-0.05, 0) is 37.3 Å². The van der Waals surface area contributed by atoms with E-state index in [-0.39, 0.29) is 17.8 Å². The summed E-state index contributed by atoms with van der Waals surface area (Å²) in [5, 5.41) is 5.35. The van der Waals surface area contributed by atoms with E-state index in [1.165, 1.54) is 7.11 Å². The van der Waals surface area contributed by atoms with Crippen LogP contribution in [0.4, 0.5) is 11.8 Å². The van der Waals surface area contributed by atoms with Gasteiger partial charge in [-0.3, -0.25) is 14.9 Å². The Morgan fingerprint density at radius 3 is 2.30 bits per heavy atom. The van der Waals surface area contributed by atoms with Crippen molar-refractivity contribution < 1.29 is 14.3 Å². The summed E-state index contributed by atoms with van der Waals surface area (Å²) in [7, 11) is 1.53. The van der Waals surface area contributed by atoms with Gasteiger partial charge in [0.15, 0.2) is 0 Å². The SMILES string of the molecule is COc1cccc(C(=O)Nc2cc(C)nc(NC(=O)c3ccccc3)n2)c1. The van der Waals surface area contributed by atoms with Gasteiger partial charge in [0.25, 0.3) is 11.8 Å². The highest BCUT2D eigenvalue weighted by molar-refractivity contribution is 6.05. The average molecular weight is 362 g/mol. The van der Waals surface area contributed by atoms with Crippen LogP contribution in [-0.2, 0) is 0 Å². The molecule has 27 heavy (non-hydrogen) atoms. The number of hydrogen-bond donors (Lipinski definition) is 2. The van der Waals surface area contributed by atoms with E-state index in [0.29, 0.717) is 28.4 Å². The predicted molar refractivity (Wildman–Crippen MR) is 102 cm³/mol. The Kier molecular flexibility index (Phi) is 5.41. The fourth-order valence-corrected chi connectivity index (χ4v) is 2.40. The van der Waals surface area contributed by atoms with Crippen LogP contribution in [0.2, 0.25) is 0 Å². The number of methoxy groups -OCH3 is 1. The Morgan fingerprint density at radius 2 is 1.56 bits per heavy atom. The van der Waals surface area contributed by atoms with Crippen molar-refractivity contribution in [2.24, 2.45) is 0 Å². The maximum atomic E-state index is 12.4. The fraction of sp³-hybridized carbons (Fsp3) is 0.100. The van der Waals surface area contributed by atoms with E-state index in [2.05, 4.69) is 20.6 Å². The van der Waals surface area contributed by atoms with Crippen molar-refractivity contribution in [3.8, 4) is 5.75 Å². The molecule has 0 aliphatic carbocycles. The van der Waals surface area contributed by atoms with Gasteiger partial charge in [-0.15, -0.1) is 0 Å². The largest absolute Gasteiger partial charge is 0.497 e. The van der Waals surface area contributed by atoms with Crippen LogP contribution in [-0.4, -0.2) is 28.9 Å².